The van der Waals surface area contributed by atoms with Crippen LogP contribution in [0.5, 0.6) is 5.75 Å². The van der Waals surface area contributed by atoms with Crippen LogP contribution in [0.1, 0.15) is 33.1 Å². The standard InChI is InChI=1S/C23H24N2O3/c1-15-4-5-19(12-16(15)2)21(14-26)25-23(27)20-7-6-18(13-22(20)28-3)17-8-10-24-11-9-17/h4-13,21,26H,14H2,1-3H3,(H,25,27). The van der Waals surface area contributed by atoms with Gasteiger partial charge in [-0.1, -0.05) is 24.3 Å². The Bertz CT molecular complexity index is 971. The number of rotatable bonds is 6. The molecule has 0 radical (unpaired) electrons. The van der Waals surface area contributed by atoms with Crippen LogP contribution in [0.3, 0.4) is 0 Å². The highest BCUT2D eigenvalue weighted by Gasteiger charge is 2.19. The Labute approximate surface area is 165 Å². The number of aromatic nitrogens is 1. The molecule has 3 rings (SSSR count). The predicted octanol–water partition coefficient (Wildman–Crippen LogP) is 3.84. The Morgan fingerprint density at radius 2 is 1.79 bits per heavy atom. The summed E-state index contributed by atoms with van der Waals surface area (Å²) in [7, 11) is 1.54. The Morgan fingerprint density at radius 3 is 2.43 bits per heavy atom. The molecule has 1 atom stereocenters. The molecule has 5 heteroatoms. The first kappa shape index (κ1) is 19.6. The number of benzene rings is 2. The fraction of sp³-hybridized carbons (Fsp3) is 0.217. The van der Waals surface area contributed by atoms with Crippen LogP contribution < -0.4 is 10.1 Å². The molecule has 1 heterocycles. The van der Waals surface area contributed by atoms with Crippen molar-refractivity contribution in [1.29, 1.82) is 0 Å². The summed E-state index contributed by atoms with van der Waals surface area (Å²) in [5, 5.41) is 12.7. The van der Waals surface area contributed by atoms with Crippen LogP contribution in [-0.4, -0.2) is 29.7 Å². The summed E-state index contributed by atoms with van der Waals surface area (Å²) in [5.74, 6) is 0.180. The van der Waals surface area contributed by atoms with Gasteiger partial charge in [0.15, 0.2) is 0 Å². The van der Waals surface area contributed by atoms with Crippen LogP contribution in [-0.2, 0) is 0 Å². The number of aliphatic hydroxyl groups excluding tert-OH is 1. The molecule has 0 aliphatic rings. The quantitative estimate of drug-likeness (QED) is 0.686. The second-order valence-corrected chi connectivity index (χ2v) is 6.70. The van der Waals surface area contributed by atoms with Crippen molar-refractivity contribution in [2.45, 2.75) is 19.9 Å². The zero-order valence-corrected chi connectivity index (χ0v) is 16.3. The second-order valence-electron chi connectivity index (χ2n) is 6.70. The molecule has 2 N–H and O–H groups in total. The average Bonchev–Trinajstić information content (AvgIpc) is 2.74. The lowest BCUT2D eigenvalue weighted by atomic mass is 10.0. The Hall–Kier alpha value is -3.18. The number of carbonyl (C=O) groups is 1. The summed E-state index contributed by atoms with van der Waals surface area (Å²) < 4.78 is 5.45. The monoisotopic (exact) mass is 376 g/mol. The van der Waals surface area contributed by atoms with E-state index in [-0.39, 0.29) is 12.5 Å². The van der Waals surface area contributed by atoms with E-state index >= 15 is 0 Å². The predicted molar refractivity (Wildman–Crippen MR) is 109 cm³/mol. The topological polar surface area (TPSA) is 71.5 Å². The van der Waals surface area contributed by atoms with Gasteiger partial charge < -0.3 is 15.2 Å². The Kier molecular flexibility index (Phi) is 6.06. The fourth-order valence-corrected chi connectivity index (χ4v) is 3.05. The van der Waals surface area contributed by atoms with Gasteiger partial charge in [0.2, 0.25) is 0 Å². The molecule has 5 nitrogen and oxygen atoms in total. The summed E-state index contributed by atoms with van der Waals surface area (Å²) in [5.41, 5.74) is 5.49. The minimum absolute atomic E-state index is 0.189. The van der Waals surface area contributed by atoms with Crippen LogP contribution >= 0.6 is 0 Å². The molecule has 0 fully saturated rings. The zero-order valence-electron chi connectivity index (χ0n) is 16.3. The van der Waals surface area contributed by atoms with Crippen molar-refractivity contribution >= 4 is 5.91 Å². The number of carbonyl (C=O) groups excluding carboxylic acids is 1. The van der Waals surface area contributed by atoms with Crippen molar-refractivity contribution in [3.63, 3.8) is 0 Å². The molecule has 1 unspecified atom stereocenters. The molecule has 1 aromatic heterocycles. The van der Waals surface area contributed by atoms with Gasteiger partial charge in [0.05, 0.1) is 25.3 Å². The van der Waals surface area contributed by atoms with E-state index in [2.05, 4.69) is 10.3 Å². The van der Waals surface area contributed by atoms with Crippen molar-refractivity contribution < 1.29 is 14.6 Å². The van der Waals surface area contributed by atoms with Crippen LogP contribution in [0, 0.1) is 13.8 Å². The van der Waals surface area contributed by atoms with Gasteiger partial charge in [-0.3, -0.25) is 9.78 Å². The van der Waals surface area contributed by atoms with E-state index < -0.39 is 6.04 Å². The summed E-state index contributed by atoms with van der Waals surface area (Å²) in [6, 6.07) is 14.6. The summed E-state index contributed by atoms with van der Waals surface area (Å²) in [6.45, 7) is 3.85. The number of ether oxygens (including phenoxy) is 1. The summed E-state index contributed by atoms with van der Waals surface area (Å²) >= 11 is 0. The largest absolute Gasteiger partial charge is 0.496 e. The smallest absolute Gasteiger partial charge is 0.255 e. The number of aryl methyl sites for hydroxylation is 2. The number of hydrogen-bond acceptors (Lipinski definition) is 4. The molecule has 3 aromatic rings. The second kappa shape index (κ2) is 8.67. The molecule has 0 aliphatic carbocycles. The number of aliphatic hydroxyl groups is 1. The van der Waals surface area contributed by atoms with Gasteiger partial charge in [0.1, 0.15) is 5.75 Å². The SMILES string of the molecule is COc1cc(-c2ccncc2)ccc1C(=O)NC(CO)c1ccc(C)c(C)c1. The number of nitrogens with zero attached hydrogens (tertiary/aromatic N) is 1. The number of pyridine rings is 1. The third-order valence-electron chi connectivity index (χ3n) is 4.88. The highest BCUT2D eigenvalue weighted by atomic mass is 16.5. The fourth-order valence-electron chi connectivity index (χ4n) is 3.05. The summed E-state index contributed by atoms with van der Waals surface area (Å²) in [4.78, 5) is 16.9. The molecule has 144 valence electrons. The lowest BCUT2D eigenvalue weighted by molar-refractivity contribution is 0.0913. The van der Waals surface area contributed by atoms with Crippen molar-refractivity contribution in [1.82, 2.24) is 10.3 Å². The minimum Gasteiger partial charge on any atom is -0.496 e. The van der Waals surface area contributed by atoms with Gasteiger partial charge in [0, 0.05) is 12.4 Å². The van der Waals surface area contributed by atoms with E-state index in [1.54, 1.807) is 18.5 Å². The van der Waals surface area contributed by atoms with E-state index in [1.165, 1.54) is 12.7 Å². The Balaban J connectivity index is 1.85. The van der Waals surface area contributed by atoms with Crippen LogP contribution in [0.2, 0.25) is 0 Å². The molecule has 0 bridgehead atoms. The number of hydrogen-bond donors (Lipinski definition) is 2. The maximum Gasteiger partial charge on any atom is 0.255 e. The molecule has 0 saturated heterocycles. The van der Waals surface area contributed by atoms with E-state index in [0.29, 0.717) is 11.3 Å². The van der Waals surface area contributed by atoms with Gasteiger partial charge in [-0.2, -0.15) is 0 Å². The van der Waals surface area contributed by atoms with Crippen LogP contribution in [0.4, 0.5) is 0 Å². The van der Waals surface area contributed by atoms with Crippen molar-refractivity contribution in [2.75, 3.05) is 13.7 Å². The van der Waals surface area contributed by atoms with Crippen molar-refractivity contribution in [3.8, 4) is 16.9 Å². The van der Waals surface area contributed by atoms with Crippen molar-refractivity contribution in [3.05, 3.63) is 83.2 Å². The molecule has 1 amide bonds. The van der Waals surface area contributed by atoms with Crippen molar-refractivity contribution in [2.24, 2.45) is 0 Å². The molecule has 28 heavy (non-hydrogen) atoms. The highest BCUT2D eigenvalue weighted by molar-refractivity contribution is 5.98. The number of amides is 1. The lowest BCUT2D eigenvalue weighted by Gasteiger charge is -2.19. The molecule has 0 aliphatic heterocycles. The minimum atomic E-state index is -0.489. The van der Waals surface area contributed by atoms with Gasteiger partial charge in [-0.25, -0.2) is 0 Å². The number of nitrogens with one attached hydrogen (secondary N) is 1. The van der Waals surface area contributed by atoms with E-state index in [4.69, 9.17) is 4.74 Å². The van der Waals surface area contributed by atoms with Gasteiger partial charge >= 0.3 is 0 Å². The van der Waals surface area contributed by atoms with Gasteiger partial charge in [-0.15, -0.1) is 0 Å². The third-order valence-corrected chi connectivity index (χ3v) is 4.88. The Morgan fingerprint density at radius 1 is 1.04 bits per heavy atom. The molecule has 0 saturated carbocycles. The van der Waals surface area contributed by atoms with E-state index in [9.17, 15) is 9.90 Å². The van der Waals surface area contributed by atoms with E-state index in [0.717, 1.165) is 22.3 Å². The van der Waals surface area contributed by atoms with E-state index in [1.807, 2.05) is 56.3 Å². The highest BCUT2D eigenvalue weighted by Crippen LogP contribution is 2.27. The first-order valence-corrected chi connectivity index (χ1v) is 9.10. The van der Waals surface area contributed by atoms with Crippen LogP contribution in [0.15, 0.2) is 60.9 Å². The first-order valence-electron chi connectivity index (χ1n) is 9.10. The first-order chi connectivity index (χ1) is 13.5. The zero-order chi connectivity index (χ0) is 20.1. The molecular weight excluding hydrogens is 352 g/mol. The maximum atomic E-state index is 12.9. The maximum absolute atomic E-state index is 12.9. The molecule has 2 aromatic carbocycles. The molecule has 0 spiro atoms. The summed E-state index contributed by atoms with van der Waals surface area (Å²) in [6.07, 6.45) is 3.44. The number of methoxy groups -OCH3 is 1. The van der Waals surface area contributed by atoms with Gasteiger partial charge in [0.25, 0.3) is 5.91 Å². The van der Waals surface area contributed by atoms with Crippen LogP contribution in [0.25, 0.3) is 11.1 Å². The lowest BCUT2D eigenvalue weighted by Crippen LogP contribution is -2.31. The normalized spacial score (nSPS) is 11.7. The third kappa shape index (κ3) is 4.21. The average molecular weight is 376 g/mol. The molecular formula is C23H24N2O3. The van der Waals surface area contributed by atoms with Gasteiger partial charge in [-0.05, 0) is 65.9 Å².